The Labute approximate surface area is 121 Å². The number of likely N-dealkylation sites (tertiary alicyclic amines) is 1. The summed E-state index contributed by atoms with van der Waals surface area (Å²) in [7, 11) is 0. The third-order valence-electron chi connectivity index (χ3n) is 4.86. The minimum Gasteiger partial charge on any atom is -0.333 e. The molecule has 0 spiro atoms. The van der Waals surface area contributed by atoms with Crippen LogP contribution in [0.2, 0.25) is 0 Å². The number of amides is 1. The van der Waals surface area contributed by atoms with Crippen LogP contribution in [0.5, 0.6) is 0 Å². The lowest BCUT2D eigenvalue weighted by molar-refractivity contribution is -0.142. The van der Waals surface area contributed by atoms with Gasteiger partial charge in [0.25, 0.3) is 0 Å². The lowest BCUT2D eigenvalue weighted by Gasteiger charge is -2.48. The zero-order valence-corrected chi connectivity index (χ0v) is 12.3. The molecule has 0 unspecified atom stereocenters. The van der Waals surface area contributed by atoms with Crippen molar-refractivity contribution in [1.29, 1.82) is 0 Å². The lowest BCUT2D eigenvalue weighted by atomic mass is 9.78. The van der Waals surface area contributed by atoms with E-state index in [0.29, 0.717) is 5.91 Å². The summed E-state index contributed by atoms with van der Waals surface area (Å²) in [6, 6.07) is 8.80. The van der Waals surface area contributed by atoms with E-state index >= 15 is 0 Å². The highest BCUT2D eigenvalue weighted by Crippen LogP contribution is 2.39. The van der Waals surface area contributed by atoms with Gasteiger partial charge >= 0.3 is 0 Å². The van der Waals surface area contributed by atoms with Crippen molar-refractivity contribution < 1.29 is 4.79 Å². The van der Waals surface area contributed by atoms with Crippen LogP contribution in [0.1, 0.15) is 43.2 Å². The fraction of sp³-hybridized carbons (Fsp3) is 0.588. The molecule has 0 saturated carbocycles. The molecule has 20 heavy (non-hydrogen) atoms. The average molecular weight is 272 g/mol. The van der Waals surface area contributed by atoms with E-state index in [1.807, 2.05) is 0 Å². The van der Waals surface area contributed by atoms with Crippen molar-refractivity contribution in [3.8, 4) is 0 Å². The Kier molecular flexibility index (Phi) is 3.79. The highest BCUT2D eigenvalue weighted by molar-refractivity contribution is 5.78. The molecule has 108 valence electrons. The minimum absolute atomic E-state index is 0.0730. The highest BCUT2D eigenvalue weighted by atomic mass is 16.2. The van der Waals surface area contributed by atoms with Crippen molar-refractivity contribution in [3.63, 3.8) is 0 Å². The molecule has 2 aliphatic rings. The summed E-state index contributed by atoms with van der Waals surface area (Å²) in [5.74, 6) is 0.346. The number of carbonyl (C=O) groups is 1. The van der Waals surface area contributed by atoms with Crippen LogP contribution in [-0.4, -0.2) is 30.4 Å². The first-order chi connectivity index (χ1) is 9.72. The first-order valence-corrected chi connectivity index (χ1v) is 7.81. The van der Waals surface area contributed by atoms with Gasteiger partial charge in [0.1, 0.15) is 0 Å². The van der Waals surface area contributed by atoms with Crippen LogP contribution in [0.3, 0.4) is 0 Å². The summed E-state index contributed by atoms with van der Waals surface area (Å²) in [6.07, 6.45) is 4.98. The van der Waals surface area contributed by atoms with Gasteiger partial charge in [0.15, 0.2) is 0 Å². The zero-order valence-electron chi connectivity index (χ0n) is 12.3. The van der Waals surface area contributed by atoms with E-state index in [2.05, 4.69) is 41.4 Å². The largest absolute Gasteiger partial charge is 0.333 e. The molecule has 3 nitrogen and oxygen atoms in total. The maximum absolute atomic E-state index is 12.4. The second-order valence-electron chi connectivity index (χ2n) is 6.15. The third-order valence-corrected chi connectivity index (χ3v) is 4.86. The monoisotopic (exact) mass is 272 g/mol. The zero-order chi connectivity index (χ0) is 14.0. The number of benzene rings is 1. The molecule has 2 fully saturated rings. The first-order valence-electron chi connectivity index (χ1n) is 7.81. The SMILES string of the molecule is Cc1ccc(C2(N3CCCCC3=O)CCNCC2)cc1. The van der Waals surface area contributed by atoms with Crippen LogP contribution < -0.4 is 5.32 Å². The van der Waals surface area contributed by atoms with Gasteiger partial charge in [-0.05, 0) is 51.3 Å². The number of hydrogen-bond donors (Lipinski definition) is 1. The number of rotatable bonds is 2. The molecule has 0 bridgehead atoms. The van der Waals surface area contributed by atoms with Gasteiger partial charge in [-0.2, -0.15) is 0 Å². The molecule has 1 aromatic rings. The van der Waals surface area contributed by atoms with Crippen molar-refractivity contribution >= 4 is 5.91 Å². The molecule has 1 N–H and O–H groups in total. The standard InChI is InChI=1S/C17H24N2O/c1-14-5-7-15(8-6-14)17(9-11-18-12-10-17)19-13-3-2-4-16(19)20/h5-8,18H,2-4,9-13H2,1H3. The smallest absolute Gasteiger partial charge is 0.223 e. The van der Waals surface area contributed by atoms with Crippen molar-refractivity contribution in [2.24, 2.45) is 0 Å². The van der Waals surface area contributed by atoms with Crippen LogP contribution in [0.4, 0.5) is 0 Å². The Hall–Kier alpha value is -1.35. The predicted octanol–water partition coefficient (Wildman–Crippen LogP) is 2.59. The molecule has 3 rings (SSSR count). The molecule has 2 saturated heterocycles. The lowest BCUT2D eigenvalue weighted by Crippen LogP contribution is -2.56. The normalized spacial score (nSPS) is 22.9. The van der Waals surface area contributed by atoms with Gasteiger partial charge in [0, 0.05) is 13.0 Å². The Morgan fingerprint density at radius 1 is 1.10 bits per heavy atom. The predicted molar refractivity (Wildman–Crippen MR) is 80.5 cm³/mol. The summed E-state index contributed by atoms with van der Waals surface area (Å²) in [5.41, 5.74) is 2.53. The topological polar surface area (TPSA) is 32.3 Å². The van der Waals surface area contributed by atoms with Gasteiger partial charge in [-0.25, -0.2) is 0 Å². The van der Waals surface area contributed by atoms with Gasteiger partial charge in [-0.3, -0.25) is 4.79 Å². The van der Waals surface area contributed by atoms with Crippen LogP contribution in [0, 0.1) is 6.92 Å². The summed E-state index contributed by atoms with van der Waals surface area (Å²) in [5, 5.41) is 3.44. The van der Waals surface area contributed by atoms with E-state index < -0.39 is 0 Å². The van der Waals surface area contributed by atoms with Gasteiger partial charge in [-0.1, -0.05) is 29.8 Å². The fourth-order valence-corrected chi connectivity index (χ4v) is 3.68. The molecule has 3 heteroatoms. The molecule has 2 aliphatic heterocycles. The Morgan fingerprint density at radius 2 is 1.80 bits per heavy atom. The fourth-order valence-electron chi connectivity index (χ4n) is 3.68. The van der Waals surface area contributed by atoms with E-state index in [-0.39, 0.29) is 5.54 Å². The Morgan fingerprint density at radius 3 is 2.45 bits per heavy atom. The molecule has 0 aromatic heterocycles. The average Bonchev–Trinajstić information content (AvgIpc) is 2.49. The molecule has 0 atom stereocenters. The van der Waals surface area contributed by atoms with E-state index in [4.69, 9.17) is 0 Å². The Bertz CT molecular complexity index is 474. The van der Waals surface area contributed by atoms with Gasteiger partial charge in [0.2, 0.25) is 5.91 Å². The van der Waals surface area contributed by atoms with Crippen molar-refractivity contribution in [1.82, 2.24) is 10.2 Å². The van der Waals surface area contributed by atoms with Crippen molar-refractivity contribution in [3.05, 3.63) is 35.4 Å². The summed E-state index contributed by atoms with van der Waals surface area (Å²) in [6.45, 7) is 5.03. The van der Waals surface area contributed by atoms with Gasteiger partial charge in [-0.15, -0.1) is 0 Å². The molecular weight excluding hydrogens is 248 g/mol. The van der Waals surface area contributed by atoms with E-state index in [9.17, 15) is 4.79 Å². The van der Waals surface area contributed by atoms with E-state index in [0.717, 1.165) is 51.7 Å². The van der Waals surface area contributed by atoms with Crippen molar-refractivity contribution in [2.45, 2.75) is 44.6 Å². The second-order valence-corrected chi connectivity index (χ2v) is 6.15. The van der Waals surface area contributed by atoms with Gasteiger partial charge < -0.3 is 10.2 Å². The number of aryl methyl sites for hydroxylation is 1. The summed E-state index contributed by atoms with van der Waals surface area (Å²) in [4.78, 5) is 14.6. The molecule has 2 heterocycles. The summed E-state index contributed by atoms with van der Waals surface area (Å²) < 4.78 is 0. The number of hydrogen-bond acceptors (Lipinski definition) is 2. The second kappa shape index (κ2) is 5.57. The number of nitrogens with zero attached hydrogens (tertiary/aromatic N) is 1. The quantitative estimate of drug-likeness (QED) is 0.897. The van der Waals surface area contributed by atoms with Crippen LogP contribution >= 0.6 is 0 Å². The number of nitrogens with one attached hydrogen (secondary N) is 1. The molecular formula is C17H24N2O. The molecule has 1 aromatic carbocycles. The van der Waals surface area contributed by atoms with E-state index in [1.165, 1.54) is 11.1 Å². The number of piperidine rings is 2. The van der Waals surface area contributed by atoms with Crippen LogP contribution in [-0.2, 0) is 10.3 Å². The number of carbonyl (C=O) groups excluding carboxylic acids is 1. The van der Waals surface area contributed by atoms with Gasteiger partial charge in [0.05, 0.1) is 5.54 Å². The maximum Gasteiger partial charge on any atom is 0.223 e. The first kappa shape index (κ1) is 13.6. The van der Waals surface area contributed by atoms with Crippen molar-refractivity contribution in [2.75, 3.05) is 19.6 Å². The molecule has 0 aliphatic carbocycles. The van der Waals surface area contributed by atoms with Crippen LogP contribution in [0.25, 0.3) is 0 Å². The minimum atomic E-state index is -0.0730. The Balaban J connectivity index is 1.99. The van der Waals surface area contributed by atoms with Crippen LogP contribution in [0.15, 0.2) is 24.3 Å². The molecule has 1 amide bonds. The molecule has 0 radical (unpaired) electrons. The van der Waals surface area contributed by atoms with E-state index in [1.54, 1.807) is 0 Å². The highest BCUT2D eigenvalue weighted by Gasteiger charge is 2.42. The third kappa shape index (κ3) is 2.35. The maximum atomic E-state index is 12.4. The summed E-state index contributed by atoms with van der Waals surface area (Å²) >= 11 is 0.